The van der Waals surface area contributed by atoms with E-state index in [9.17, 15) is 4.79 Å². The minimum atomic E-state index is 0.0486. The van der Waals surface area contributed by atoms with E-state index >= 15 is 0 Å². The largest absolute Gasteiger partial charge is 0.336 e. The summed E-state index contributed by atoms with van der Waals surface area (Å²) in [5, 5.41) is 7.56. The number of aryl methyl sites for hydroxylation is 2. The molecule has 27 heavy (non-hydrogen) atoms. The molecule has 0 fully saturated rings. The van der Waals surface area contributed by atoms with E-state index < -0.39 is 0 Å². The maximum atomic E-state index is 13.1. The Morgan fingerprint density at radius 3 is 2.70 bits per heavy atom. The lowest BCUT2D eigenvalue weighted by atomic mass is 9.98. The predicted molar refractivity (Wildman–Crippen MR) is 107 cm³/mol. The van der Waals surface area contributed by atoms with E-state index in [1.165, 1.54) is 28.8 Å². The molecule has 1 aliphatic rings. The number of H-pyrrole nitrogens is 1. The number of fused-ring (bicyclic) bond motifs is 1. The molecule has 138 valence electrons. The molecule has 1 amide bonds. The summed E-state index contributed by atoms with van der Waals surface area (Å²) in [6.45, 7) is 2.63. The average molecular weight is 359 g/mol. The number of hydrogen-bond donors (Lipinski definition) is 1. The molecular formula is C23H25N3O. The lowest BCUT2D eigenvalue weighted by Crippen LogP contribution is -2.27. The summed E-state index contributed by atoms with van der Waals surface area (Å²) in [7, 11) is 1.86. The van der Waals surface area contributed by atoms with Crippen LogP contribution in [0.2, 0.25) is 0 Å². The van der Waals surface area contributed by atoms with Crippen LogP contribution in [-0.4, -0.2) is 28.1 Å². The molecule has 0 saturated carbocycles. The number of amides is 1. The van der Waals surface area contributed by atoms with Crippen molar-refractivity contribution in [3.63, 3.8) is 0 Å². The summed E-state index contributed by atoms with van der Waals surface area (Å²) in [5.74, 6) is 0.0486. The maximum Gasteiger partial charge on any atom is 0.254 e. The third kappa shape index (κ3) is 3.65. The summed E-state index contributed by atoms with van der Waals surface area (Å²) in [6, 6.07) is 16.4. The molecule has 3 aromatic rings. The van der Waals surface area contributed by atoms with Crippen LogP contribution < -0.4 is 0 Å². The Balaban J connectivity index is 1.53. The van der Waals surface area contributed by atoms with Crippen LogP contribution in [0.1, 0.15) is 50.4 Å². The highest BCUT2D eigenvalue weighted by Crippen LogP contribution is 2.24. The molecule has 0 atom stereocenters. The van der Waals surface area contributed by atoms with Gasteiger partial charge >= 0.3 is 0 Å². The summed E-state index contributed by atoms with van der Waals surface area (Å²) < 4.78 is 0. The van der Waals surface area contributed by atoms with Crippen LogP contribution in [0.4, 0.5) is 0 Å². The van der Waals surface area contributed by atoms with Crippen molar-refractivity contribution in [2.45, 2.75) is 39.2 Å². The van der Waals surface area contributed by atoms with Gasteiger partial charge in [0.25, 0.3) is 5.91 Å². The number of rotatable bonds is 5. The number of carbonyl (C=O) groups is 1. The average Bonchev–Trinajstić information content (AvgIpc) is 3.28. The van der Waals surface area contributed by atoms with Gasteiger partial charge in [-0.05, 0) is 55.4 Å². The Kier molecular flexibility index (Phi) is 4.80. The number of aromatic amines is 1. The fourth-order valence-corrected chi connectivity index (χ4v) is 3.83. The van der Waals surface area contributed by atoms with Gasteiger partial charge in [0.2, 0.25) is 0 Å². The first kappa shape index (κ1) is 17.5. The highest BCUT2D eigenvalue weighted by molar-refractivity contribution is 5.95. The lowest BCUT2D eigenvalue weighted by molar-refractivity contribution is 0.0782. The van der Waals surface area contributed by atoms with Gasteiger partial charge in [0, 0.05) is 18.3 Å². The quantitative estimate of drug-likeness (QED) is 0.746. The minimum absolute atomic E-state index is 0.0486. The number of benzene rings is 2. The van der Waals surface area contributed by atoms with Crippen molar-refractivity contribution in [1.82, 2.24) is 15.1 Å². The van der Waals surface area contributed by atoms with Crippen molar-refractivity contribution in [1.29, 1.82) is 0 Å². The Labute approximate surface area is 160 Å². The fourth-order valence-electron chi connectivity index (χ4n) is 3.83. The highest BCUT2D eigenvalue weighted by atomic mass is 16.2. The Hall–Kier alpha value is -2.88. The molecule has 1 heterocycles. The van der Waals surface area contributed by atoms with E-state index in [1.54, 1.807) is 4.90 Å². The fraction of sp³-hybridized carbons (Fsp3) is 0.304. The van der Waals surface area contributed by atoms with Crippen LogP contribution in [0.25, 0.3) is 0 Å². The molecule has 4 rings (SSSR count). The Morgan fingerprint density at radius 1 is 1.11 bits per heavy atom. The van der Waals surface area contributed by atoms with Crippen molar-refractivity contribution in [3.05, 3.63) is 87.7 Å². The van der Waals surface area contributed by atoms with E-state index in [0.717, 1.165) is 36.1 Å². The van der Waals surface area contributed by atoms with Crippen LogP contribution in [-0.2, 0) is 25.8 Å². The molecule has 1 aromatic heterocycles. The van der Waals surface area contributed by atoms with Crippen molar-refractivity contribution in [2.75, 3.05) is 7.05 Å². The van der Waals surface area contributed by atoms with Gasteiger partial charge < -0.3 is 4.90 Å². The molecule has 4 heteroatoms. The zero-order chi connectivity index (χ0) is 18.8. The van der Waals surface area contributed by atoms with Crippen molar-refractivity contribution in [2.24, 2.45) is 0 Å². The van der Waals surface area contributed by atoms with Crippen LogP contribution in [0, 0.1) is 6.92 Å². The second-order valence-electron chi connectivity index (χ2n) is 7.46. The molecule has 1 aliphatic carbocycles. The Bertz CT molecular complexity index is 956. The molecular weight excluding hydrogens is 334 g/mol. The van der Waals surface area contributed by atoms with Gasteiger partial charge in [-0.2, -0.15) is 5.10 Å². The standard InChI is InChI=1S/C23H25N3O/c1-16-10-12-17(13-11-16)14-18-6-3-4-7-19(18)23(27)26(2)15-22-20-8-5-9-21(20)24-25-22/h3-4,6-7,10-13H,5,8-9,14-15H2,1-2H3,(H,24,25). The van der Waals surface area contributed by atoms with Gasteiger partial charge in [0.15, 0.2) is 0 Å². The lowest BCUT2D eigenvalue weighted by Gasteiger charge is -2.19. The maximum absolute atomic E-state index is 13.1. The van der Waals surface area contributed by atoms with Gasteiger partial charge in [0.1, 0.15) is 0 Å². The first-order valence-corrected chi connectivity index (χ1v) is 9.55. The molecule has 2 aromatic carbocycles. The second-order valence-corrected chi connectivity index (χ2v) is 7.46. The van der Waals surface area contributed by atoms with E-state index in [2.05, 4.69) is 41.4 Å². The smallest absolute Gasteiger partial charge is 0.254 e. The van der Waals surface area contributed by atoms with Crippen molar-refractivity contribution < 1.29 is 4.79 Å². The van der Waals surface area contributed by atoms with Crippen LogP contribution in [0.5, 0.6) is 0 Å². The topological polar surface area (TPSA) is 49.0 Å². The predicted octanol–water partition coefficient (Wildman–Crippen LogP) is 4.07. The van der Waals surface area contributed by atoms with Gasteiger partial charge in [0.05, 0.1) is 12.2 Å². The van der Waals surface area contributed by atoms with Crippen LogP contribution in [0.3, 0.4) is 0 Å². The Morgan fingerprint density at radius 2 is 1.89 bits per heavy atom. The molecule has 0 spiro atoms. The number of aromatic nitrogens is 2. The zero-order valence-electron chi connectivity index (χ0n) is 16.0. The first-order valence-electron chi connectivity index (χ1n) is 9.55. The van der Waals surface area contributed by atoms with Crippen LogP contribution in [0.15, 0.2) is 48.5 Å². The minimum Gasteiger partial charge on any atom is -0.336 e. The summed E-state index contributed by atoms with van der Waals surface area (Å²) in [5.41, 5.74) is 7.85. The monoisotopic (exact) mass is 359 g/mol. The summed E-state index contributed by atoms with van der Waals surface area (Å²) in [4.78, 5) is 14.9. The number of hydrogen-bond acceptors (Lipinski definition) is 2. The molecule has 0 radical (unpaired) electrons. The zero-order valence-corrected chi connectivity index (χ0v) is 16.0. The van der Waals surface area contributed by atoms with Gasteiger partial charge in [-0.3, -0.25) is 9.89 Å². The number of nitrogens with zero attached hydrogens (tertiary/aromatic N) is 2. The van der Waals surface area contributed by atoms with Gasteiger partial charge in [-0.15, -0.1) is 0 Å². The molecule has 0 bridgehead atoms. The normalized spacial score (nSPS) is 12.8. The van der Waals surface area contributed by atoms with E-state index in [-0.39, 0.29) is 5.91 Å². The SMILES string of the molecule is Cc1ccc(Cc2ccccc2C(=O)N(C)Cc2n[nH]c3c2CCC3)cc1. The summed E-state index contributed by atoms with van der Waals surface area (Å²) in [6.07, 6.45) is 4.06. The number of nitrogens with one attached hydrogen (secondary N) is 1. The van der Waals surface area contributed by atoms with Crippen molar-refractivity contribution >= 4 is 5.91 Å². The molecule has 0 unspecified atom stereocenters. The summed E-state index contributed by atoms with van der Waals surface area (Å²) >= 11 is 0. The number of carbonyl (C=O) groups excluding carboxylic acids is 1. The van der Waals surface area contributed by atoms with Gasteiger partial charge in [-0.25, -0.2) is 0 Å². The van der Waals surface area contributed by atoms with Crippen LogP contribution >= 0.6 is 0 Å². The molecule has 4 nitrogen and oxygen atoms in total. The molecule has 1 N–H and O–H groups in total. The third-order valence-corrected chi connectivity index (χ3v) is 5.39. The van der Waals surface area contributed by atoms with E-state index in [1.807, 2.05) is 31.3 Å². The highest BCUT2D eigenvalue weighted by Gasteiger charge is 2.22. The van der Waals surface area contributed by atoms with Crippen molar-refractivity contribution in [3.8, 4) is 0 Å². The third-order valence-electron chi connectivity index (χ3n) is 5.39. The molecule has 0 saturated heterocycles. The van der Waals surface area contributed by atoms with E-state index in [4.69, 9.17) is 0 Å². The second kappa shape index (κ2) is 7.39. The van der Waals surface area contributed by atoms with Gasteiger partial charge in [-0.1, -0.05) is 48.0 Å². The molecule has 0 aliphatic heterocycles. The van der Waals surface area contributed by atoms with E-state index in [0.29, 0.717) is 6.54 Å². The first-order chi connectivity index (χ1) is 13.1.